The van der Waals surface area contributed by atoms with Gasteiger partial charge in [-0.1, -0.05) is 22.0 Å². The van der Waals surface area contributed by atoms with Gasteiger partial charge in [0.25, 0.3) is 11.8 Å². The van der Waals surface area contributed by atoms with Gasteiger partial charge in [0, 0.05) is 10.0 Å². The topological polar surface area (TPSA) is 66.5 Å². The van der Waals surface area contributed by atoms with Gasteiger partial charge in [-0.05, 0) is 38.5 Å². The van der Waals surface area contributed by atoms with Crippen LogP contribution in [0.2, 0.25) is 0 Å². The van der Waals surface area contributed by atoms with Crippen molar-refractivity contribution in [2.75, 3.05) is 6.54 Å². The molecule has 3 amide bonds. The number of rotatable bonds is 1. The lowest BCUT2D eigenvalue weighted by Crippen LogP contribution is -2.65. The van der Waals surface area contributed by atoms with E-state index in [4.69, 9.17) is 0 Å². The molecule has 0 spiro atoms. The van der Waals surface area contributed by atoms with Gasteiger partial charge >= 0.3 is 0 Å². The molecule has 1 aliphatic heterocycles. The number of nitrogens with zero attached hydrogens (tertiary/aromatic N) is 1. The Morgan fingerprint density at radius 3 is 2.65 bits per heavy atom. The molecule has 0 atom stereocenters. The number of amides is 3. The predicted octanol–water partition coefficient (Wildman–Crippen LogP) is 1.63. The number of hydrogen-bond donors (Lipinski definition) is 1. The second-order valence-corrected chi connectivity index (χ2v) is 6.20. The number of aryl methyl sites for hydroxylation is 1. The van der Waals surface area contributed by atoms with Crippen LogP contribution in [0, 0.1) is 6.92 Å². The number of imide groups is 1. The van der Waals surface area contributed by atoms with Crippen LogP contribution in [0.25, 0.3) is 0 Å². The van der Waals surface area contributed by atoms with E-state index in [1.807, 2.05) is 19.1 Å². The summed E-state index contributed by atoms with van der Waals surface area (Å²) in [5.74, 6) is -1.25. The number of carbonyl (C=O) groups excluding carboxylic acids is 3. The Morgan fingerprint density at radius 1 is 1.35 bits per heavy atom. The first kappa shape index (κ1) is 14.7. The van der Waals surface area contributed by atoms with Crippen LogP contribution < -0.4 is 5.32 Å². The van der Waals surface area contributed by atoms with Crippen LogP contribution in [0.5, 0.6) is 0 Å². The van der Waals surface area contributed by atoms with Crippen LogP contribution >= 0.6 is 15.9 Å². The largest absolute Gasteiger partial charge is 0.315 e. The smallest absolute Gasteiger partial charge is 0.255 e. The van der Waals surface area contributed by atoms with Crippen LogP contribution in [-0.2, 0) is 9.59 Å². The number of carbonyl (C=O) groups is 3. The van der Waals surface area contributed by atoms with Crippen LogP contribution in [0.3, 0.4) is 0 Å². The average Bonchev–Trinajstić information content (AvgIpc) is 2.36. The molecule has 6 heteroatoms. The summed E-state index contributed by atoms with van der Waals surface area (Å²) in [5, 5.41) is 2.25. The number of halogens is 1. The molecule has 20 heavy (non-hydrogen) atoms. The minimum absolute atomic E-state index is 0.122. The summed E-state index contributed by atoms with van der Waals surface area (Å²) in [6, 6.07) is 5.35. The Bertz CT molecular complexity index is 610. The summed E-state index contributed by atoms with van der Waals surface area (Å²) in [7, 11) is 0. The zero-order chi connectivity index (χ0) is 15.1. The monoisotopic (exact) mass is 338 g/mol. The van der Waals surface area contributed by atoms with E-state index in [-0.39, 0.29) is 12.5 Å². The fourth-order valence-electron chi connectivity index (χ4n) is 2.08. The second kappa shape index (κ2) is 5.01. The molecular weight excluding hydrogens is 324 g/mol. The fraction of sp³-hybridized carbons (Fsp3) is 0.357. The van der Waals surface area contributed by atoms with Crippen molar-refractivity contribution >= 4 is 33.7 Å². The Kier molecular flexibility index (Phi) is 3.69. The van der Waals surface area contributed by atoms with Gasteiger partial charge in [0.15, 0.2) is 0 Å². The predicted molar refractivity (Wildman–Crippen MR) is 77.1 cm³/mol. The first-order valence-corrected chi connectivity index (χ1v) is 6.95. The molecule has 1 aromatic rings. The molecule has 0 aliphatic carbocycles. The van der Waals surface area contributed by atoms with Gasteiger partial charge in [-0.25, -0.2) is 0 Å². The molecule has 1 N–H and O–H groups in total. The minimum Gasteiger partial charge on any atom is -0.315 e. The molecule has 2 rings (SSSR count). The quantitative estimate of drug-likeness (QED) is 0.791. The average molecular weight is 339 g/mol. The molecule has 1 heterocycles. The van der Waals surface area contributed by atoms with Crippen molar-refractivity contribution in [1.29, 1.82) is 0 Å². The van der Waals surface area contributed by atoms with E-state index in [2.05, 4.69) is 21.2 Å². The lowest BCUT2D eigenvalue weighted by Gasteiger charge is -2.40. The first-order chi connectivity index (χ1) is 9.23. The van der Waals surface area contributed by atoms with E-state index in [9.17, 15) is 14.4 Å². The number of nitrogens with one attached hydrogen (secondary N) is 1. The van der Waals surface area contributed by atoms with Crippen LogP contribution in [0.4, 0.5) is 0 Å². The third kappa shape index (κ3) is 2.47. The minimum atomic E-state index is -1.06. The van der Waals surface area contributed by atoms with E-state index in [1.165, 1.54) is 4.90 Å². The Morgan fingerprint density at radius 2 is 2.00 bits per heavy atom. The molecule has 5 nitrogen and oxygen atoms in total. The maximum atomic E-state index is 12.7. The zero-order valence-corrected chi connectivity index (χ0v) is 13.1. The molecule has 1 saturated heterocycles. The van der Waals surface area contributed by atoms with Crippen molar-refractivity contribution in [2.45, 2.75) is 26.3 Å². The van der Waals surface area contributed by atoms with Gasteiger partial charge in [-0.2, -0.15) is 0 Å². The summed E-state index contributed by atoms with van der Waals surface area (Å²) in [4.78, 5) is 37.4. The van der Waals surface area contributed by atoms with Crippen LogP contribution in [0.1, 0.15) is 29.8 Å². The van der Waals surface area contributed by atoms with Gasteiger partial charge < -0.3 is 4.90 Å². The van der Waals surface area contributed by atoms with Gasteiger partial charge in [0.2, 0.25) is 5.91 Å². The van der Waals surface area contributed by atoms with Crippen molar-refractivity contribution in [3.8, 4) is 0 Å². The molecule has 0 saturated carbocycles. The van der Waals surface area contributed by atoms with Crippen molar-refractivity contribution in [3.05, 3.63) is 33.8 Å². The van der Waals surface area contributed by atoms with E-state index in [0.29, 0.717) is 5.56 Å². The Labute approximate surface area is 125 Å². The third-order valence-corrected chi connectivity index (χ3v) is 3.95. The third-order valence-electron chi connectivity index (χ3n) is 3.46. The summed E-state index contributed by atoms with van der Waals surface area (Å²) >= 11 is 3.32. The first-order valence-electron chi connectivity index (χ1n) is 6.16. The summed E-state index contributed by atoms with van der Waals surface area (Å²) in [5.41, 5.74) is 0.224. The highest BCUT2D eigenvalue weighted by Gasteiger charge is 2.43. The number of benzene rings is 1. The van der Waals surface area contributed by atoms with Gasteiger partial charge in [0.1, 0.15) is 12.1 Å². The molecule has 1 fully saturated rings. The standard InChI is InChI=1S/C14H15BrN2O3/c1-8-4-5-9(15)6-10(8)12(19)17-7-11(18)16-13(20)14(17,2)3/h4-6H,7H2,1-3H3,(H,16,18,20). The van der Waals surface area contributed by atoms with Crippen molar-refractivity contribution in [2.24, 2.45) is 0 Å². The van der Waals surface area contributed by atoms with Gasteiger partial charge in [-0.3, -0.25) is 19.7 Å². The van der Waals surface area contributed by atoms with Gasteiger partial charge in [-0.15, -0.1) is 0 Å². The molecule has 106 valence electrons. The van der Waals surface area contributed by atoms with E-state index < -0.39 is 17.4 Å². The molecule has 1 aromatic carbocycles. The molecule has 0 aromatic heterocycles. The normalized spacial score (nSPS) is 17.9. The molecular formula is C14H15BrN2O3. The molecule has 0 unspecified atom stereocenters. The van der Waals surface area contributed by atoms with Crippen molar-refractivity contribution in [1.82, 2.24) is 10.2 Å². The molecule has 1 aliphatic rings. The highest BCUT2D eigenvalue weighted by atomic mass is 79.9. The summed E-state index contributed by atoms with van der Waals surface area (Å²) in [6.07, 6.45) is 0. The van der Waals surface area contributed by atoms with Crippen LogP contribution in [-0.4, -0.2) is 34.7 Å². The van der Waals surface area contributed by atoms with E-state index >= 15 is 0 Å². The van der Waals surface area contributed by atoms with Crippen LogP contribution in [0.15, 0.2) is 22.7 Å². The number of piperazine rings is 1. The Hall–Kier alpha value is -1.69. The summed E-state index contributed by atoms with van der Waals surface area (Å²) in [6.45, 7) is 4.95. The highest BCUT2D eigenvalue weighted by molar-refractivity contribution is 9.10. The van der Waals surface area contributed by atoms with E-state index in [1.54, 1.807) is 19.9 Å². The lowest BCUT2D eigenvalue weighted by atomic mass is 9.96. The molecule has 0 bridgehead atoms. The highest BCUT2D eigenvalue weighted by Crippen LogP contribution is 2.24. The zero-order valence-electron chi connectivity index (χ0n) is 11.5. The lowest BCUT2D eigenvalue weighted by molar-refractivity contribution is -0.143. The fourth-order valence-corrected chi connectivity index (χ4v) is 2.44. The van der Waals surface area contributed by atoms with Crippen molar-refractivity contribution < 1.29 is 14.4 Å². The van der Waals surface area contributed by atoms with E-state index in [0.717, 1.165) is 10.0 Å². The number of hydrogen-bond acceptors (Lipinski definition) is 3. The molecule has 0 radical (unpaired) electrons. The van der Waals surface area contributed by atoms with Crippen molar-refractivity contribution in [3.63, 3.8) is 0 Å². The summed E-state index contributed by atoms with van der Waals surface area (Å²) < 4.78 is 0.775. The second-order valence-electron chi connectivity index (χ2n) is 5.29. The SMILES string of the molecule is Cc1ccc(Br)cc1C(=O)N1CC(=O)NC(=O)C1(C)C. The van der Waals surface area contributed by atoms with Gasteiger partial charge in [0.05, 0.1) is 0 Å². The maximum absolute atomic E-state index is 12.7. The maximum Gasteiger partial charge on any atom is 0.255 e. The Balaban J connectivity index is 2.43.